The fraction of sp³-hybridized carbons (Fsp3) is 0.240. The Labute approximate surface area is 199 Å². The summed E-state index contributed by atoms with van der Waals surface area (Å²) in [6.07, 6.45) is 2.98. The van der Waals surface area contributed by atoms with Crippen LogP contribution in [0, 0.1) is 13.8 Å². The van der Waals surface area contributed by atoms with Gasteiger partial charge in [-0.05, 0) is 60.7 Å². The summed E-state index contributed by atoms with van der Waals surface area (Å²) in [7, 11) is 0. The molecule has 31 heavy (non-hydrogen) atoms. The number of fused-ring (bicyclic) bond motifs is 2. The molecule has 0 atom stereocenters. The molecule has 1 aliphatic rings. The number of pyridine rings is 1. The number of anilines is 1. The molecule has 160 valence electrons. The van der Waals surface area contributed by atoms with Crippen LogP contribution in [-0.2, 0) is 19.5 Å². The van der Waals surface area contributed by atoms with Crippen molar-refractivity contribution in [3.8, 4) is 0 Å². The second-order valence-electron chi connectivity index (χ2n) is 8.02. The molecule has 1 aliphatic heterocycles. The van der Waals surface area contributed by atoms with Gasteiger partial charge in [0.1, 0.15) is 0 Å². The van der Waals surface area contributed by atoms with Crippen LogP contribution < -0.4 is 4.90 Å². The van der Waals surface area contributed by atoms with E-state index < -0.39 is 0 Å². The second-order valence-corrected chi connectivity index (χ2v) is 8.83. The average molecular weight is 473 g/mol. The third-order valence-electron chi connectivity index (χ3n) is 6.28. The van der Waals surface area contributed by atoms with Gasteiger partial charge in [0.05, 0.1) is 15.6 Å². The lowest BCUT2D eigenvalue weighted by molar-refractivity contribution is 0.717. The topological polar surface area (TPSA) is 21.1 Å². The zero-order valence-electron chi connectivity index (χ0n) is 17.5. The number of halogens is 3. The monoisotopic (exact) mass is 471 g/mol. The lowest BCUT2D eigenvalue weighted by atomic mass is 10.00. The zero-order chi connectivity index (χ0) is 20.8. The van der Waals surface area contributed by atoms with E-state index in [2.05, 4.69) is 53.6 Å². The van der Waals surface area contributed by atoms with Crippen molar-refractivity contribution in [1.29, 1.82) is 0 Å². The lowest BCUT2D eigenvalue weighted by Gasteiger charge is -2.30. The van der Waals surface area contributed by atoms with Crippen molar-refractivity contribution in [2.45, 2.75) is 33.4 Å². The number of nitrogens with zero attached hydrogens (tertiary/aromatic N) is 3. The Morgan fingerprint density at radius 1 is 0.968 bits per heavy atom. The maximum Gasteiger partial charge on any atom is 0.153 e. The van der Waals surface area contributed by atoms with Gasteiger partial charge in [-0.3, -0.25) is 0 Å². The minimum atomic E-state index is 0. The molecule has 0 bridgehead atoms. The van der Waals surface area contributed by atoms with Crippen LogP contribution >= 0.6 is 35.6 Å². The van der Waals surface area contributed by atoms with E-state index in [0.29, 0.717) is 10.0 Å². The SMILES string of the molecule is Cc1c(C)n(Cc2ccc(Cl)c(Cl)c2)c2c(N3CCc4ccccc4C3)nccc12.Cl. The van der Waals surface area contributed by atoms with Crippen LogP contribution in [0.15, 0.2) is 54.7 Å². The Morgan fingerprint density at radius 3 is 2.52 bits per heavy atom. The molecule has 5 rings (SSSR count). The second kappa shape index (κ2) is 8.74. The summed E-state index contributed by atoms with van der Waals surface area (Å²) < 4.78 is 2.37. The molecule has 4 aromatic rings. The molecular formula is C25H24Cl3N3. The maximum atomic E-state index is 6.28. The molecule has 3 nitrogen and oxygen atoms in total. The smallest absolute Gasteiger partial charge is 0.153 e. The van der Waals surface area contributed by atoms with Crippen LogP contribution in [0.5, 0.6) is 0 Å². The van der Waals surface area contributed by atoms with Crippen molar-refractivity contribution in [2.75, 3.05) is 11.4 Å². The van der Waals surface area contributed by atoms with Crippen molar-refractivity contribution >= 4 is 52.3 Å². The number of aryl methyl sites for hydroxylation is 1. The molecular weight excluding hydrogens is 449 g/mol. The fourth-order valence-electron chi connectivity index (χ4n) is 4.50. The van der Waals surface area contributed by atoms with E-state index in [9.17, 15) is 0 Å². The summed E-state index contributed by atoms with van der Waals surface area (Å²) in [6.45, 7) is 6.97. The number of aromatic nitrogens is 2. The van der Waals surface area contributed by atoms with E-state index in [1.807, 2.05) is 24.4 Å². The van der Waals surface area contributed by atoms with E-state index in [0.717, 1.165) is 37.4 Å². The highest BCUT2D eigenvalue weighted by atomic mass is 35.5. The van der Waals surface area contributed by atoms with Crippen LogP contribution in [0.25, 0.3) is 10.9 Å². The zero-order valence-corrected chi connectivity index (χ0v) is 19.9. The molecule has 0 radical (unpaired) electrons. The Kier molecular flexibility index (Phi) is 6.20. The third-order valence-corrected chi connectivity index (χ3v) is 7.02. The minimum Gasteiger partial charge on any atom is -0.350 e. The fourth-order valence-corrected chi connectivity index (χ4v) is 4.82. The highest BCUT2D eigenvalue weighted by molar-refractivity contribution is 6.42. The highest BCUT2D eigenvalue weighted by Crippen LogP contribution is 2.34. The van der Waals surface area contributed by atoms with Crippen LogP contribution in [0.4, 0.5) is 5.82 Å². The number of hydrogen-bond donors (Lipinski definition) is 0. The first-order valence-corrected chi connectivity index (χ1v) is 11.0. The Morgan fingerprint density at radius 2 is 1.74 bits per heavy atom. The highest BCUT2D eigenvalue weighted by Gasteiger charge is 2.22. The summed E-state index contributed by atoms with van der Waals surface area (Å²) in [5.74, 6) is 1.05. The quantitative estimate of drug-likeness (QED) is 0.320. The van der Waals surface area contributed by atoms with Gasteiger partial charge in [-0.25, -0.2) is 4.98 Å². The van der Waals surface area contributed by atoms with Gasteiger partial charge in [0.2, 0.25) is 0 Å². The van der Waals surface area contributed by atoms with Crippen molar-refractivity contribution in [3.05, 3.63) is 92.7 Å². The van der Waals surface area contributed by atoms with Crippen molar-refractivity contribution in [1.82, 2.24) is 9.55 Å². The molecule has 0 saturated carbocycles. The first-order chi connectivity index (χ1) is 14.5. The lowest BCUT2D eigenvalue weighted by Crippen LogP contribution is -2.31. The van der Waals surface area contributed by atoms with E-state index in [-0.39, 0.29) is 12.4 Å². The van der Waals surface area contributed by atoms with E-state index >= 15 is 0 Å². The summed E-state index contributed by atoms with van der Waals surface area (Å²) >= 11 is 12.4. The van der Waals surface area contributed by atoms with Gasteiger partial charge in [0.25, 0.3) is 0 Å². The molecule has 0 fully saturated rings. The molecule has 0 saturated heterocycles. The van der Waals surface area contributed by atoms with Gasteiger partial charge in [-0.1, -0.05) is 53.5 Å². The number of hydrogen-bond acceptors (Lipinski definition) is 2. The first kappa shape index (κ1) is 22.0. The summed E-state index contributed by atoms with van der Waals surface area (Å²) in [5.41, 5.74) is 7.70. The molecule has 6 heteroatoms. The standard InChI is InChI=1S/C25H23Cl2N3.ClH/c1-16-17(2)30(14-18-7-8-22(26)23(27)13-18)24-21(16)9-11-28-25(24)29-12-10-19-5-3-4-6-20(19)15-29;/h3-9,11,13H,10,12,14-15H2,1-2H3;1H. The van der Waals surface area contributed by atoms with Crippen LogP contribution in [0.3, 0.4) is 0 Å². The van der Waals surface area contributed by atoms with Crippen molar-refractivity contribution in [3.63, 3.8) is 0 Å². The molecule has 0 amide bonds. The molecule has 0 aliphatic carbocycles. The summed E-state index contributed by atoms with van der Waals surface area (Å²) in [4.78, 5) is 7.26. The van der Waals surface area contributed by atoms with E-state index in [4.69, 9.17) is 28.2 Å². The van der Waals surface area contributed by atoms with E-state index in [1.165, 1.54) is 33.3 Å². The summed E-state index contributed by atoms with van der Waals surface area (Å²) in [6, 6.07) is 16.7. The van der Waals surface area contributed by atoms with Gasteiger partial charge in [-0.2, -0.15) is 0 Å². The maximum absolute atomic E-state index is 6.28. The van der Waals surface area contributed by atoms with Crippen LogP contribution in [0.1, 0.15) is 27.9 Å². The molecule has 0 spiro atoms. The van der Waals surface area contributed by atoms with Crippen LogP contribution in [0.2, 0.25) is 10.0 Å². The number of benzene rings is 2. The Balaban J connectivity index is 0.00000231. The Bertz CT molecular complexity index is 1260. The van der Waals surface area contributed by atoms with Crippen molar-refractivity contribution < 1.29 is 0 Å². The normalized spacial score (nSPS) is 13.2. The predicted octanol–water partition coefficient (Wildman–Crippen LogP) is 6.99. The predicted molar refractivity (Wildman–Crippen MR) is 133 cm³/mol. The largest absolute Gasteiger partial charge is 0.350 e. The van der Waals surface area contributed by atoms with Gasteiger partial charge in [0, 0.05) is 36.9 Å². The van der Waals surface area contributed by atoms with E-state index in [1.54, 1.807) is 0 Å². The third kappa shape index (κ3) is 3.91. The number of rotatable bonds is 3. The average Bonchev–Trinajstić information content (AvgIpc) is 3.01. The van der Waals surface area contributed by atoms with Crippen LogP contribution in [-0.4, -0.2) is 16.1 Å². The molecule has 0 unspecified atom stereocenters. The van der Waals surface area contributed by atoms with Gasteiger partial charge < -0.3 is 9.47 Å². The molecule has 0 N–H and O–H groups in total. The molecule has 3 heterocycles. The molecule has 2 aromatic heterocycles. The first-order valence-electron chi connectivity index (χ1n) is 10.2. The Hall–Kier alpha value is -2.20. The molecule has 2 aromatic carbocycles. The van der Waals surface area contributed by atoms with Gasteiger partial charge >= 0.3 is 0 Å². The minimum absolute atomic E-state index is 0. The summed E-state index contributed by atoms with van der Waals surface area (Å²) in [5, 5.41) is 2.43. The van der Waals surface area contributed by atoms with Crippen molar-refractivity contribution in [2.24, 2.45) is 0 Å². The van der Waals surface area contributed by atoms with Gasteiger partial charge in [0.15, 0.2) is 5.82 Å². The van der Waals surface area contributed by atoms with Gasteiger partial charge in [-0.15, -0.1) is 12.4 Å².